The van der Waals surface area contributed by atoms with Gasteiger partial charge in [-0.05, 0) is 26.2 Å². The molecule has 0 bridgehead atoms. The summed E-state index contributed by atoms with van der Waals surface area (Å²) >= 11 is 0. The standard InChI is InChI=1S/C12H21N3O/c1-3-10(13)11-7-14-9-15(11)12(2)5-4-6-16-8-12/h7,9-10H,3-6,8,13H2,1-2H3/t10-,12?/m1/s1. The van der Waals surface area contributed by atoms with Gasteiger partial charge in [0.25, 0.3) is 0 Å². The summed E-state index contributed by atoms with van der Waals surface area (Å²) in [6, 6.07) is 0.0706. The van der Waals surface area contributed by atoms with E-state index in [9.17, 15) is 0 Å². The van der Waals surface area contributed by atoms with Crippen molar-refractivity contribution in [2.75, 3.05) is 13.2 Å². The molecule has 0 saturated carbocycles. The fraction of sp³-hybridized carbons (Fsp3) is 0.750. The third-order valence-electron chi connectivity index (χ3n) is 3.49. The SMILES string of the molecule is CC[C@@H](N)c1cncn1C1(C)CCCOC1. The highest BCUT2D eigenvalue weighted by atomic mass is 16.5. The minimum Gasteiger partial charge on any atom is -0.379 e. The summed E-state index contributed by atoms with van der Waals surface area (Å²) in [5.41, 5.74) is 7.25. The fourth-order valence-corrected chi connectivity index (χ4v) is 2.35. The van der Waals surface area contributed by atoms with Gasteiger partial charge in [-0.3, -0.25) is 0 Å². The molecule has 16 heavy (non-hydrogen) atoms. The van der Waals surface area contributed by atoms with Crippen LogP contribution in [0.1, 0.15) is 44.8 Å². The molecule has 1 unspecified atom stereocenters. The number of rotatable bonds is 3. The molecule has 2 atom stereocenters. The maximum absolute atomic E-state index is 6.10. The van der Waals surface area contributed by atoms with E-state index in [2.05, 4.69) is 23.4 Å². The maximum Gasteiger partial charge on any atom is 0.0954 e. The lowest BCUT2D eigenvalue weighted by Crippen LogP contribution is -2.40. The summed E-state index contributed by atoms with van der Waals surface area (Å²) in [6.07, 6.45) is 6.94. The molecule has 0 spiro atoms. The Hall–Kier alpha value is -0.870. The van der Waals surface area contributed by atoms with Gasteiger partial charge >= 0.3 is 0 Å². The number of hydrogen-bond acceptors (Lipinski definition) is 3. The zero-order valence-electron chi connectivity index (χ0n) is 10.1. The van der Waals surface area contributed by atoms with Crippen molar-refractivity contribution in [2.45, 2.75) is 44.7 Å². The minimum absolute atomic E-state index is 0.0247. The van der Waals surface area contributed by atoms with Gasteiger partial charge in [-0.25, -0.2) is 4.98 Å². The van der Waals surface area contributed by atoms with Gasteiger partial charge in [0.2, 0.25) is 0 Å². The number of nitrogens with zero attached hydrogens (tertiary/aromatic N) is 2. The van der Waals surface area contributed by atoms with E-state index in [0.717, 1.165) is 38.2 Å². The van der Waals surface area contributed by atoms with E-state index in [4.69, 9.17) is 10.5 Å². The highest BCUT2D eigenvalue weighted by molar-refractivity contribution is 5.08. The summed E-state index contributed by atoms with van der Waals surface area (Å²) in [7, 11) is 0. The van der Waals surface area contributed by atoms with Gasteiger partial charge in [-0.2, -0.15) is 0 Å². The normalized spacial score (nSPS) is 27.9. The van der Waals surface area contributed by atoms with Crippen LogP contribution < -0.4 is 5.73 Å². The molecule has 2 heterocycles. The lowest BCUT2D eigenvalue weighted by Gasteiger charge is -2.36. The fourth-order valence-electron chi connectivity index (χ4n) is 2.35. The molecule has 1 fully saturated rings. The molecule has 1 aliphatic rings. The van der Waals surface area contributed by atoms with Crippen LogP contribution in [0, 0.1) is 0 Å². The van der Waals surface area contributed by atoms with Gasteiger partial charge in [-0.15, -0.1) is 0 Å². The van der Waals surface area contributed by atoms with Crippen molar-refractivity contribution in [3.05, 3.63) is 18.2 Å². The summed E-state index contributed by atoms with van der Waals surface area (Å²) in [5, 5.41) is 0. The average molecular weight is 223 g/mol. The summed E-state index contributed by atoms with van der Waals surface area (Å²) in [6.45, 7) is 5.95. The van der Waals surface area contributed by atoms with Crippen LogP contribution in [0.15, 0.2) is 12.5 Å². The number of imidazole rings is 1. The Morgan fingerprint density at radius 3 is 3.12 bits per heavy atom. The summed E-state index contributed by atoms with van der Waals surface area (Å²) in [5.74, 6) is 0. The molecule has 0 aromatic carbocycles. The number of ether oxygens (including phenoxy) is 1. The topological polar surface area (TPSA) is 53.1 Å². The second-order valence-corrected chi connectivity index (χ2v) is 4.86. The van der Waals surface area contributed by atoms with E-state index in [1.54, 1.807) is 0 Å². The number of aromatic nitrogens is 2. The van der Waals surface area contributed by atoms with Crippen LogP contribution >= 0.6 is 0 Å². The Morgan fingerprint density at radius 1 is 1.69 bits per heavy atom. The molecule has 1 aliphatic heterocycles. The van der Waals surface area contributed by atoms with Crippen molar-refractivity contribution in [1.82, 2.24) is 9.55 Å². The predicted molar refractivity (Wildman–Crippen MR) is 63.1 cm³/mol. The second-order valence-electron chi connectivity index (χ2n) is 4.86. The van der Waals surface area contributed by atoms with Crippen LogP contribution in [0.3, 0.4) is 0 Å². The molecule has 0 radical (unpaired) electrons. The van der Waals surface area contributed by atoms with Gasteiger partial charge in [0.1, 0.15) is 0 Å². The van der Waals surface area contributed by atoms with Crippen LogP contribution in [-0.4, -0.2) is 22.8 Å². The van der Waals surface area contributed by atoms with E-state index in [-0.39, 0.29) is 11.6 Å². The van der Waals surface area contributed by atoms with Gasteiger partial charge in [0.15, 0.2) is 0 Å². The monoisotopic (exact) mass is 223 g/mol. The first-order chi connectivity index (χ1) is 7.67. The van der Waals surface area contributed by atoms with E-state index in [1.165, 1.54) is 0 Å². The van der Waals surface area contributed by atoms with E-state index in [1.807, 2.05) is 12.5 Å². The number of nitrogens with two attached hydrogens (primary N) is 1. The Labute approximate surface area is 96.8 Å². The first-order valence-electron chi connectivity index (χ1n) is 6.03. The third-order valence-corrected chi connectivity index (χ3v) is 3.49. The Balaban J connectivity index is 2.28. The van der Waals surface area contributed by atoms with Gasteiger partial charge < -0.3 is 15.0 Å². The molecule has 4 heteroatoms. The molecule has 90 valence electrons. The lowest BCUT2D eigenvalue weighted by atomic mass is 9.93. The van der Waals surface area contributed by atoms with Crippen LogP contribution in [0.5, 0.6) is 0 Å². The van der Waals surface area contributed by atoms with E-state index >= 15 is 0 Å². The molecule has 2 rings (SSSR count). The first kappa shape index (κ1) is 11.6. The second kappa shape index (κ2) is 4.55. The average Bonchev–Trinajstić information content (AvgIpc) is 2.78. The smallest absolute Gasteiger partial charge is 0.0954 e. The van der Waals surface area contributed by atoms with Crippen molar-refractivity contribution in [3.63, 3.8) is 0 Å². The van der Waals surface area contributed by atoms with Crippen molar-refractivity contribution in [1.29, 1.82) is 0 Å². The molecule has 1 saturated heterocycles. The Morgan fingerprint density at radius 2 is 2.50 bits per heavy atom. The molecule has 2 N–H and O–H groups in total. The summed E-state index contributed by atoms with van der Waals surface area (Å²) < 4.78 is 7.80. The molecular weight excluding hydrogens is 202 g/mol. The minimum atomic E-state index is 0.0247. The van der Waals surface area contributed by atoms with Crippen LogP contribution in [0.4, 0.5) is 0 Å². The molecular formula is C12H21N3O. The zero-order chi connectivity index (χ0) is 11.6. The largest absolute Gasteiger partial charge is 0.379 e. The van der Waals surface area contributed by atoms with Gasteiger partial charge in [0.05, 0.1) is 24.2 Å². The molecule has 0 amide bonds. The van der Waals surface area contributed by atoms with Crippen LogP contribution in [0.25, 0.3) is 0 Å². The molecule has 0 aliphatic carbocycles. The van der Waals surface area contributed by atoms with Crippen molar-refractivity contribution >= 4 is 0 Å². The first-order valence-corrected chi connectivity index (χ1v) is 6.03. The third kappa shape index (κ3) is 1.99. The predicted octanol–water partition coefficient (Wildman–Crippen LogP) is 1.82. The maximum atomic E-state index is 6.10. The highest BCUT2D eigenvalue weighted by Crippen LogP contribution is 2.30. The summed E-state index contributed by atoms with van der Waals surface area (Å²) in [4.78, 5) is 4.24. The zero-order valence-corrected chi connectivity index (χ0v) is 10.1. The van der Waals surface area contributed by atoms with Crippen molar-refractivity contribution in [2.24, 2.45) is 5.73 Å². The Bertz CT molecular complexity index is 342. The van der Waals surface area contributed by atoms with Crippen LogP contribution in [-0.2, 0) is 10.3 Å². The van der Waals surface area contributed by atoms with E-state index in [0.29, 0.717) is 0 Å². The molecule has 1 aromatic rings. The highest BCUT2D eigenvalue weighted by Gasteiger charge is 2.31. The van der Waals surface area contributed by atoms with Crippen molar-refractivity contribution in [3.8, 4) is 0 Å². The van der Waals surface area contributed by atoms with Gasteiger partial charge in [-0.1, -0.05) is 6.92 Å². The molecule has 4 nitrogen and oxygen atoms in total. The quantitative estimate of drug-likeness (QED) is 0.850. The molecule has 1 aromatic heterocycles. The van der Waals surface area contributed by atoms with E-state index < -0.39 is 0 Å². The van der Waals surface area contributed by atoms with Crippen LogP contribution in [0.2, 0.25) is 0 Å². The van der Waals surface area contributed by atoms with Gasteiger partial charge in [0, 0.05) is 18.8 Å². The number of hydrogen-bond donors (Lipinski definition) is 1. The Kier molecular flexibility index (Phi) is 3.30. The van der Waals surface area contributed by atoms with Crippen molar-refractivity contribution < 1.29 is 4.74 Å². The lowest BCUT2D eigenvalue weighted by molar-refractivity contribution is 0.00782.